The van der Waals surface area contributed by atoms with Crippen molar-refractivity contribution in [2.75, 3.05) is 0 Å². The van der Waals surface area contributed by atoms with Gasteiger partial charge in [0.05, 0.1) is 11.1 Å². The van der Waals surface area contributed by atoms with E-state index < -0.39 is 0 Å². The lowest BCUT2D eigenvalue weighted by atomic mass is 10.0. The molecule has 2 aromatic carbocycles. The molecule has 3 heteroatoms. The highest BCUT2D eigenvalue weighted by atomic mass is 35.5. The van der Waals surface area contributed by atoms with Gasteiger partial charge < -0.3 is 4.74 Å². The van der Waals surface area contributed by atoms with Crippen LogP contribution in [0.5, 0.6) is 5.75 Å². The maximum atomic E-state index is 12.3. The monoisotopic (exact) mass is 272 g/mol. The Morgan fingerprint density at radius 3 is 2.37 bits per heavy atom. The van der Waals surface area contributed by atoms with E-state index in [4.69, 9.17) is 16.3 Å². The third kappa shape index (κ3) is 2.79. The van der Waals surface area contributed by atoms with Crippen LogP contribution in [0.1, 0.15) is 28.8 Å². The molecule has 96 valence electrons. The second-order valence-electron chi connectivity index (χ2n) is 4.65. The number of halogens is 1. The molecule has 2 nitrogen and oxygen atoms in total. The first-order valence-corrected chi connectivity index (χ1v) is 6.68. The molecular formula is C16H13ClO2. The van der Waals surface area contributed by atoms with Gasteiger partial charge in [-0.1, -0.05) is 23.7 Å². The van der Waals surface area contributed by atoms with Crippen LogP contribution in [0.3, 0.4) is 0 Å². The highest BCUT2D eigenvalue weighted by Gasteiger charge is 2.23. The molecule has 0 spiro atoms. The van der Waals surface area contributed by atoms with Gasteiger partial charge in [0.15, 0.2) is 5.78 Å². The van der Waals surface area contributed by atoms with Crippen LogP contribution in [0.15, 0.2) is 48.5 Å². The number of carbonyl (C=O) groups excluding carboxylic acids is 1. The Bertz CT molecular complexity index is 600. The second-order valence-corrected chi connectivity index (χ2v) is 5.06. The summed E-state index contributed by atoms with van der Waals surface area (Å²) in [6, 6.07) is 14.3. The van der Waals surface area contributed by atoms with Crippen molar-refractivity contribution >= 4 is 17.4 Å². The van der Waals surface area contributed by atoms with Crippen LogP contribution < -0.4 is 4.74 Å². The Balaban J connectivity index is 1.81. The van der Waals surface area contributed by atoms with E-state index >= 15 is 0 Å². The van der Waals surface area contributed by atoms with Crippen molar-refractivity contribution in [1.29, 1.82) is 0 Å². The molecule has 0 saturated heterocycles. The number of hydrogen-bond donors (Lipinski definition) is 0. The van der Waals surface area contributed by atoms with E-state index in [9.17, 15) is 4.79 Å². The van der Waals surface area contributed by atoms with E-state index in [0.717, 1.165) is 18.6 Å². The summed E-state index contributed by atoms with van der Waals surface area (Å²) in [5.41, 5.74) is 1.15. The highest BCUT2D eigenvalue weighted by molar-refractivity contribution is 6.34. The lowest BCUT2D eigenvalue weighted by molar-refractivity contribution is 0.103. The maximum absolute atomic E-state index is 12.3. The number of rotatable bonds is 4. The minimum absolute atomic E-state index is 0.0661. The number of hydrogen-bond acceptors (Lipinski definition) is 2. The summed E-state index contributed by atoms with van der Waals surface area (Å²) in [7, 11) is 0. The molecule has 0 amide bonds. The largest absolute Gasteiger partial charge is 0.490 e. The Labute approximate surface area is 117 Å². The highest BCUT2D eigenvalue weighted by Crippen LogP contribution is 2.27. The fraction of sp³-hybridized carbons (Fsp3) is 0.188. The molecule has 0 atom stereocenters. The number of benzene rings is 2. The van der Waals surface area contributed by atoms with Gasteiger partial charge in [0.25, 0.3) is 0 Å². The van der Waals surface area contributed by atoms with Crippen LogP contribution in [0.4, 0.5) is 0 Å². The Kier molecular flexibility index (Phi) is 3.26. The van der Waals surface area contributed by atoms with Gasteiger partial charge in [0.2, 0.25) is 0 Å². The van der Waals surface area contributed by atoms with Gasteiger partial charge >= 0.3 is 0 Å². The quantitative estimate of drug-likeness (QED) is 0.783. The minimum atomic E-state index is -0.0661. The molecular weight excluding hydrogens is 260 g/mol. The summed E-state index contributed by atoms with van der Waals surface area (Å²) in [4.78, 5) is 12.3. The zero-order valence-electron chi connectivity index (χ0n) is 10.3. The SMILES string of the molecule is O=C(c1ccc(OC2CC2)cc1)c1ccccc1Cl. The van der Waals surface area contributed by atoms with Crippen molar-refractivity contribution in [3.05, 3.63) is 64.7 Å². The molecule has 0 aliphatic heterocycles. The molecule has 1 aliphatic rings. The molecule has 0 heterocycles. The second kappa shape index (κ2) is 5.06. The zero-order chi connectivity index (χ0) is 13.2. The number of ketones is 1. The van der Waals surface area contributed by atoms with Gasteiger partial charge in [0, 0.05) is 11.1 Å². The van der Waals surface area contributed by atoms with Crippen molar-refractivity contribution in [3.63, 3.8) is 0 Å². The molecule has 3 rings (SSSR count). The van der Waals surface area contributed by atoms with Gasteiger partial charge in [-0.3, -0.25) is 4.79 Å². The van der Waals surface area contributed by atoms with Gasteiger partial charge in [-0.15, -0.1) is 0 Å². The summed E-state index contributed by atoms with van der Waals surface area (Å²) >= 11 is 6.03. The van der Waals surface area contributed by atoms with E-state index in [1.54, 1.807) is 24.3 Å². The smallest absolute Gasteiger partial charge is 0.194 e. The first kappa shape index (κ1) is 12.2. The summed E-state index contributed by atoms with van der Waals surface area (Å²) < 4.78 is 5.65. The van der Waals surface area contributed by atoms with Crippen LogP contribution >= 0.6 is 11.6 Å². The van der Waals surface area contributed by atoms with Crippen LogP contribution in [0, 0.1) is 0 Å². The normalized spacial score (nSPS) is 14.2. The third-order valence-electron chi connectivity index (χ3n) is 3.06. The molecule has 0 bridgehead atoms. The summed E-state index contributed by atoms with van der Waals surface area (Å²) in [6.07, 6.45) is 2.62. The average molecular weight is 273 g/mol. The fourth-order valence-electron chi connectivity index (χ4n) is 1.86. The summed E-state index contributed by atoms with van der Waals surface area (Å²) in [5, 5.41) is 0.478. The van der Waals surface area contributed by atoms with Gasteiger partial charge in [-0.05, 0) is 49.2 Å². The van der Waals surface area contributed by atoms with E-state index in [-0.39, 0.29) is 5.78 Å². The first-order chi connectivity index (χ1) is 9.24. The van der Waals surface area contributed by atoms with Gasteiger partial charge in [-0.25, -0.2) is 0 Å². The first-order valence-electron chi connectivity index (χ1n) is 6.30. The van der Waals surface area contributed by atoms with Crippen molar-refractivity contribution in [3.8, 4) is 5.75 Å². The van der Waals surface area contributed by atoms with Crippen LogP contribution in [0.25, 0.3) is 0 Å². The molecule has 19 heavy (non-hydrogen) atoms. The van der Waals surface area contributed by atoms with Crippen LogP contribution in [-0.2, 0) is 0 Å². The molecule has 0 radical (unpaired) electrons. The predicted molar refractivity (Wildman–Crippen MR) is 75.0 cm³/mol. The maximum Gasteiger partial charge on any atom is 0.194 e. The molecule has 1 fully saturated rings. The van der Waals surface area contributed by atoms with E-state index in [2.05, 4.69) is 0 Å². The Morgan fingerprint density at radius 1 is 1.05 bits per heavy atom. The van der Waals surface area contributed by atoms with Gasteiger partial charge in [-0.2, -0.15) is 0 Å². The molecule has 0 aromatic heterocycles. The van der Waals surface area contributed by atoms with E-state index in [0.29, 0.717) is 22.3 Å². The zero-order valence-corrected chi connectivity index (χ0v) is 11.1. The van der Waals surface area contributed by atoms with Crippen LogP contribution in [0.2, 0.25) is 5.02 Å². The Morgan fingerprint density at radius 2 is 1.74 bits per heavy atom. The van der Waals surface area contributed by atoms with Crippen molar-refractivity contribution < 1.29 is 9.53 Å². The predicted octanol–water partition coefficient (Wildman–Crippen LogP) is 4.11. The van der Waals surface area contributed by atoms with Crippen LogP contribution in [-0.4, -0.2) is 11.9 Å². The molecule has 2 aromatic rings. The van der Waals surface area contributed by atoms with Crippen molar-refractivity contribution in [2.45, 2.75) is 18.9 Å². The van der Waals surface area contributed by atoms with E-state index in [1.165, 1.54) is 0 Å². The summed E-state index contributed by atoms with van der Waals surface area (Å²) in [6.45, 7) is 0. The summed E-state index contributed by atoms with van der Waals surface area (Å²) in [5.74, 6) is 0.752. The molecule has 0 N–H and O–H groups in total. The molecule has 0 unspecified atom stereocenters. The standard InChI is InChI=1S/C16H13ClO2/c17-15-4-2-1-3-14(15)16(18)11-5-7-12(8-6-11)19-13-9-10-13/h1-8,13H,9-10H2. The lowest BCUT2D eigenvalue weighted by Crippen LogP contribution is -2.02. The number of ether oxygens (including phenoxy) is 1. The van der Waals surface area contributed by atoms with Crippen molar-refractivity contribution in [1.82, 2.24) is 0 Å². The number of carbonyl (C=O) groups is 1. The van der Waals surface area contributed by atoms with Crippen molar-refractivity contribution in [2.24, 2.45) is 0 Å². The molecule has 1 aliphatic carbocycles. The van der Waals surface area contributed by atoms with Gasteiger partial charge in [0.1, 0.15) is 5.75 Å². The minimum Gasteiger partial charge on any atom is -0.490 e. The topological polar surface area (TPSA) is 26.3 Å². The lowest BCUT2D eigenvalue weighted by Gasteiger charge is -2.06. The molecule has 1 saturated carbocycles. The fourth-order valence-corrected chi connectivity index (χ4v) is 2.09. The Hall–Kier alpha value is -1.80. The third-order valence-corrected chi connectivity index (χ3v) is 3.39. The van der Waals surface area contributed by atoms with E-state index in [1.807, 2.05) is 24.3 Å². The average Bonchev–Trinajstić information content (AvgIpc) is 3.23.